The highest BCUT2D eigenvalue weighted by Crippen LogP contribution is 2.28. The van der Waals surface area contributed by atoms with Gasteiger partial charge in [0.2, 0.25) is 0 Å². The van der Waals surface area contributed by atoms with E-state index in [1.165, 1.54) is 135 Å². The summed E-state index contributed by atoms with van der Waals surface area (Å²) in [5.74, 6) is 3.64. The molecule has 0 aromatic carbocycles. The lowest BCUT2D eigenvalue weighted by Crippen LogP contribution is -2.13. The monoisotopic (exact) mass is 437 g/mol. The van der Waals surface area contributed by atoms with Gasteiger partial charge in [-0.3, -0.25) is 0 Å². The first-order chi connectivity index (χ1) is 15.0. The average Bonchev–Trinajstić information content (AvgIpc) is 2.73. The van der Waals surface area contributed by atoms with E-state index in [9.17, 15) is 0 Å². The van der Waals surface area contributed by atoms with E-state index in [1.54, 1.807) is 0 Å². The molecule has 0 amide bonds. The summed E-state index contributed by atoms with van der Waals surface area (Å²) in [4.78, 5) is 0. The zero-order valence-corrected chi connectivity index (χ0v) is 23.2. The molecule has 0 saturated heterocycles. The topological polar surface area (TPSA) is 0 Å². The van der Waals surface area contributed by atoms with Gasteiger partial charge in [-0.15, -0.1) is 0 Å². The Bertz CT molecular complexity index is 333. The molecule has 4 atom stereocenters. The molecule has 0 heteroatoms. The van der Waals surface area contributed by atoms with Crippen LogP contribution in [0.25, 0.3) is 0 Å². The van der Waals surface area contributed by atoms with Gasteiger partial charge in [0.1, 0.15) is 0 Å². The van der Waals surface area contributed by atoms with Gasteiger partial charge >= 0.3 is 0 Å². The van der Waals surface area contributed by atoms with Gasteiger partial charge in [0.25, 0.3) is 0 Å². The van der Waals surface area contributed by atoms with Crippen molar-refractivity contribution in [2.24, 2.45) is 23.7 Å². The van der Waals surface area contributed by atoms with Crippen molar-refractivity contribution in [3.8, 4) is 0 Å². The smallest absolute Gasteiger partial charge is 0.0414 e. The highest BCUT2D eigenvalue weighted by molar-refractivity contribution is 4.68. The molecular weight excluding hydrogens is 372 g/mol. The molecule has 0 saturated carbocycles. The van der Waals surface area contributed by atoms with Crippen molar-refractivity contribution in [1.29, 1.82) is 0 Å². The Hall–Kier alpha value is 0. The maximum atomic E-state index is 2.50. The third-order valence-electron chi connectivity index (χ3n) is 7.84. The SMILES string of the molecule is CCCCCCCCCCCCCCCCCCC(C)CC(C)CC(C)C(C)CCC. The molecular formula is C31H64. The first kappa shape index (κ1) is 31.0. The molecule has 0 spiro atoms. The van der Waals surface area contributed by atoms with Gasteiger partial charge in [-0.2, -0.15) is 0 Å². The van der Waals surface area contributed by atoms with E-state index in [0.29, 0.717) is 0 Å². The molecule has 0 fully saturated rings. The quantitative estimate of drug-likeness (QED) is 0.132. The summed E-state index contributed by atoms with van der Waals surface area (Å²) in [6.45, 7) is 14.6. The number of hydrogen-bond donors (Lipinski definition) is 0. The molecule has 0 aliphatic carbocycles. The molecule has 0 rings (SSSR count). The molecule has 0 bridgehead atoms. The van der Waals surface area contributed by atoms with Crippen LogP contribution in [0.3, 0.4) is 0 Å². The van der Waals surface area contributed by atoms with Crippen LogP contribution in [0.2, 0.25) is 0 Å². The minimum atomic E-state index is 0.901. The first-order valence-electron chi connectivity index (χ1n) is 15.0. The van der Waals surface area contributed by atoms with Crippen molar-refractivity contribution in [2.75, 3.05) is 0 Å². The van der Waals surface area contributed by atoms with Crippen LogP contribution < -0.4 is 0 Å². The molecule has 0 nitrogen and oxygen atoms in total. The Labute approximate surface area is 200 Å². The predicted molar refractivity (Wildman–Crippen MR) is 145 cm³/mol. The van der Waals surface area contributed by atoms with Crippen molar-refractivity contribution in [3.05, 3.63) is 0 Å². The fourth-order valence-electron chi connectivity index (χ4n) is 5.55. The van der Waals surface area contributed by atoms with Crippen LogP contribution in [-0.2, 0) is 0 Å². The van der Waals surface area contributed by atoms with Crippen molar-refractivity contribution in [2.45, 2.75) is 176 Å². The molecule has 4 unspecified atom stereocenters. The third kappa shape index (κ3) is 21.6. The first-order valence-corrected chi connectivity index (χ1v) is 15.0. The molecule has 0 radical (unpaired) electrons. The Morgan fingerprint density at radius 3 is 1.19 bits per heavy atom. The van der Waals surface area contributed by atoms with Gasteiger partial charge in [0.05, 0.1) is 0 Å². The summed E-state index contributed by atoms with van der Waals surface area (Å²) < 4.78 is 0. The Kier molecular flexibility index (Phi) is 23.2. The van der Waals surface area contributed by atoms with Crippen LogP contribution in [0.15, 0.2) is 0 Å². The van der Waals surface area contributed by atoms with E-state index < -0.39 is 0 Å². The summed E-state index contributed by atoms with van der Waals surface area (Å²) in [7, 11) is 0. The lowest BCUT2D eigenvalue weighted by atomic mass is 9.81. The van der Waals surface area contributed by atoms with Crippen LogP contribution in [-0.4, -0.2) is 0 Å². The fraction of sp³-hybridized carbons (Fsp3) is 1.00. The van der Waals surface area contributed by atoms with Crippen molar-refractivity contribution >= 4 is 0 Å². The molecule has 0 aliphatic heterocycles. The molecule has 0 aromatic rings. The second kappa shape index (κ2) is 23.2. The Balaban J connectivity index is 3.37. The number of hydrogen-bond acceptors (Lipinski definition) is 0. The minimum Gasteiger partial charge on any atom is -0.0654 e. The summed E-state index contributed by atoms with van der Waals surface area (Å²) >= 11 is 0. The molecule has 31 heavy (non-hydrogen) atoms. The lowest BCUT2D eigenvalue weighted by Gasteiger charge is -2.24. The summed E-state index contributed by atoms with van der Waals surface area (Å²) in [5, 5.41) is 0. The van der Waals surface area contributed by atoms with Gasteiger partial charge < -0.3 is 0 Å². The van der Waals surface area contributed by atoms with E-state index in [4.69, 9.17) is 0 Å². The largest absolute Gasteiger partial charge is 0.0654 e. The van der Waals surface area contributed by atoms with E-state index in [-0.39, 0.29) is 0 Å². The normalized spacial score (nSPS) is 15.7. The minimum absolute atomic E-state index is 0.901. The van der Waals surface area contributed by atoms with Crippen LogP contribution in [0.5, 0.6) is 0 Å². The van der Waals surface area contributed by atoms with Crippen molar-refractivity contribution in [1.82, 2.24) is 0 Å². The third-order valence-corrected chi connectivity index (χ3v) is 7.84. The van der Waals surface area contributed by atoms with E-state index >= 15 is 0 Å². The number of unbranched alkanes of at least 4 members (excludes halogenated alkanes) is 15. The van der Waals surface area contributed by atoms with Crippen LogP contribution >= 0.6 is 0 Å². The lowest BCUT2D eigenvalue weighted by molar-refractivity contribution is 0.267. The summed E-state index contributed by atoms with van der Waals surface area (Å²) in [5.41, 5.74) is 0. The van der Waals surface area contributed by atoms with Gasteiger partial charge in [-0.05, 0) is 36.5 Å². The standard InChI is InChI=1S/C31H64/c1-7-9-10-11-12-13-14-15-16-17-18-19-20-21-22-23-25-28(3)26-29(4)27-31(6)30(5)24-8-2/h28-31H,7-27H2,1-6H3. The van der Waals surface area contributed by atoms with Gasteiger partial charge in [0.15, 0.2) is 0 Å². The highest BCUT2D eigenvalue weighted by Gasteiger charge is 2.16. The molecule has 0 heterocycles. The van der Waals surface area contributed by atoms with Gasteiger partial charge in [-0.1, -0.05) is 164 Å². The second-order valence-electron chi connectivity index (χ2n) is 11.5. The second-order valence-corrected chi connectivity index (χ2v) is 11.5. The van der Waals surface area contributed by atoms with E-state index in [2.05, 4.69) is 41.5 Å². The summed E-state index contributed by atoms with van der Waals surface area (Å²) in [6, 6.07) is 0. The van der Waals surface area contributed by atoms with E-state index in [0.717, 1.165) is 23.7 Å². The highest BCUT2D eigenvalue weighted by atomic mass is 14.2. The van der Waals surface area contributed by atoms with Crippen molar-refractivity contribution < 1.29 is 0 Å². The van der Waals surface area contributed by atoms with Crippen LogP contribution in [0, 0.1) is 23.7 Å². The fourth-order valence-corrected chi connectivity index (χ4v) is 5.55. The molecule has 0 aromatic heterocycles. The average molecular weight is 437 g/mol. The van der Waals surface area contributed by atoms with Crippen molar-refractivity contribution in [3.63, 3.8) is 0 Å². The van der Waals surface area contributed by atoms with Gasteiger partial charge in [-0.25, -0.2) is 0 Å². The van der Waals surface area contributed by atoms with Crippen LogP contribution in [0.1, 0.15) is 176 Å². The zero-order chi connectivity index (χ0) is 23.2. The summed E-state index contributed by atoms with van der Waals surface area (Å²) in [6.07, 6.45) is 30.6. The van der Waals surface area contributed by atoms with Gasteiger partial charge in [0, 0.05) is 0 Å². The maximum absolute atomic E-state index is 2.50. The predicted octanol–water partition coefficient (Wildman–Crippen LogP) is 11.8. The Morgan fingerprint density at radius 2 is 0.774 bits per heavy atom. The molecule has 0 N–H and O–H groups in total. The zero-order valence-electron chi connectivity index (χ0n) is 23.2. The maximum Gasteiger partial charge on any atom is -0.0414 e. The molecule has 188 valence electrons. The molecule has 0 aliphatic rings. The number of rotatable bonds is 24. The van der Waals surface area contributed by atoms with Crippen LogP contribution in [0.4, 0.5) is 0 Å². The van der Waals surface area contributed by atoms with E-state index in [1.807, 2.05) is 0 Å². The Morgan fingerprint density at radius 1 is 0.355 bits per heavy atom.